The molecule has 1 heterocycles. The van der Waals surface area contributed by atoms with Crippen LogP contribution < -0.4 is 5.32 Å². The van der Waals surface area contributed by atoms with Crippen LogP contribution in [0.15, 0.2) is 24.3 Å². The van der Waals surface area contributed by atoms with E-state index in [1.807, 2.05) is 0 Å². The van der Waals surface area contributed by atoms with Gasteiger partial charge in [0.05, 0.1) is 0 Å². The first-order chi connectivity index (χ1) is 10.3. The maximum atomic E-state index is 3.62. The van der Waals surface area contributed by atoms with Gasteiger partial charge in [0.2, 0.25) is 0 Å². The third kappa shape index (κ3) is 3.15. The molecule has 1 aromatic carbocycles. The molecule has 0 radical (unpaired) electrons. The molecule has 21 heavy (non-hydrogen) atoms. The minimum Gasteiger partial charge on any atom is -0.312 e. The minimum atomic E-state index is 0.483. The Balaban J connectivity index is 1.79. The zero-order valence-corrected chi connectivity index (χ0v) is 13.5. The number of aryl methyl sites for hydroxylation is 1. The highest BCUT2D eigenvalue weighted by molar-refractivity contribution is 5.32. The van der Waals surface area contributed by atoms with Gasteiger partial charge in [-0.2, -0.15) is 0 Å². The number of rotatable bonds is 3. The summed E-state index contributed by atoms with van der Waals surface area (Å²) in [5.74, 6) is 0. The molecular formula is C18H29N3. The van der Waals surface area contributed by atoms with Crippen LogP contribution in [0.3, 0.4) is 0 Å². The first kappa shape index (κ1) is 15.0. The predicted molar refractivity (Wildman–Crippen MR) is 88.7 cm³/mol. The van der Waals surface area contributed by atoms with E-state index in [-0.39, 0.29) is 0 Å². The average Bonchev–Trinajstić information content (AvgIpc) is 2.74. The summed E-state index contributed by atoms with van der Waals surface area (Å²) >= 11 is 0. The maximum absolute atomic E-state index is 3.62. The number of fused-ring (bicyclic) bond motifs is 1. The minimum absolute atomic E-state index is 0.483. The highest BCUT2D eigenvalue weighted by Crippen LogP contribution is 2.32. The van der Waals surface area contributed by atoms with Crippen molar-refractivity contribution in [2.24, 2.45) is 0 Å². The van der Waals surface area contributed by atoms with Gasteiger partial charge in [-0.3, -0.25) is 4.90 Å². The maximum Gasteiger partial charge on any atom is 0.0478 e. The van der Waals surface area contributed by atoms with E-state index in [0.29, 0.717) is 12.1 Å². The second-order valence-corrected chi connectivity index (χ2v) is 6.39. The molecule has 1 aliphatic carbocycles. The molecule has 116 valence electrons. The van der Waals surface area contributed by atoms with E-state index in [4.69, 9.17) is 0 Å². The van der Waals surface area contributed by atoms with Crippen LogP contribution in [0.5, 0.6) is 0 Å². The van der Waals surface area contributed by atoms with Crippen molar-refractivity contribution in [3.63, 3.8) is 0 Å². The van der Waals surface area contributed by atoms with Gasteiger partial charge in [0.25, 0.3) is 0 Å². The summed E-state index contributed by atoms with van der Waals surface area (Å²) in [6.45, 7) is 8.36. The molecule has 3 heteroatoms. The predicted octanol–water partition coefficient (Wildman–Crippen LogP) is 2.29. The highest BCUT2D eigenvalue weighted by atomic mass is 15.3. The number of hydrogen-bond donors (Lipinski definition) is 1. The fourth-order valence-electron chi connectivity index (χ4n) is 4.09. The fraction of sp³-hybridized carbons (Fsp3) is 0.667. The second-order valence-electron chi connectivity index (χ2n) is 6.39. The Labute approximate surface area is 129 Å². The number of piperazine rings is 1. The molecule has 0 saturated carbocycles. The molecule has 1 aromatic rings. The van der Waals surface area contributed by atoms with Crippen molar-refractivity contribution < 1.29 is 0 Å². The molecule has 3 rings (SSSR count). The van der Waals surface area contributed by atoms with E-state index in [2.05, 4.69) is 53.4 Å². The Hall–Kier alpha value is -0.900. The summed E-state index contributed by atoms with van der Waals surface area (Å²) in [7, 11) is 2.13. The van der Waals surface area contributed by atoms with Crippen molar-refractivity contribution in [1.29, 1.82) is 0 Å². The molecule has 0 spiro atoms. The van der Waals surface area contributed by atoms with E-state index in [1.165, 1.54) is 57.5 Å². The van der Waals surface area contributed by atoms with Crippen LogP contribution in [-0.2, 0) is 6.42 Å². The summed E-state index contributed by atoms with van der Waals surface area (Å²) in [4.78, 5) is 5.30. The topological polar surface area (TPSA) is 18.5 Å². The van der Waals surface area contributed by atoms with Gasteiger partial charge in [0.1, 0.15) is 0 Å². The van der Waals surface area contributed by atoms with Gasteiger partial charge in [-0.1, -0.05) is 31.2 Å². The normalized spacial score (nSPS) is 28.1. The quantitative estimate of drug-likeness (QED) is 0.861. The monoisotopic (exact) mass is 287 g/mol. The molecule has 1 N–H and O–H groups in total. The van der Waals surface area contributed by atoms with Gasteiger partial charge in [-0.05, 0) is 44.0 Å². The number of nitrogens with one attached hydrogen (secondary N) is 1. The zero-order chi connectivity index (χ0) is 14.7. The fourth-order valence-corrected chi connectivity index (χ4v) is 4.09. The number of nitrogens with zero attached hydrogens (tertiary/aromatic N) is 2. The van der Waals surface area contributed by atoms with Crippen molar-refractivity contribution in [2.75, 3.05) is 39.8 Å². The van der Waals surface area contributed by atoms with Gasteiger partial charge >= 0.3 is 0 Å². The van der Waals surface area contributed by atoms with Crippen LogP contribution in [0.25, 0.3) is 0 Å². The van der Waals surface area contributed by atoms with Crippen LogP contribution >= 0.6 is 0 Å². The van der Waals surface area contributed by atoms with Gasteiger partial charge in [-0.15, -0.1) is 0 Å². The van der Waals surface area contributed by atoms with Crippen molar-refractivity contribution in [2.45, 2.75) is 38.3 Å². The number of benzene rings is 1. The Kier molecular flexibility index (Phi) is 4.94. The van der Waals surface area contributed by atoms with Gasteiger partial charge in [0, 0.05) is 38.3 Å². The smallest absolute Gasteiger partial charge is 0.0478 e. The second kappa shape index (κ2) is 6.91. The van der Waals surface area contributed by atoms with E-state index in [0.717, 1.165) is 0 Å². The van der Waals surface area contributed by atoms with Gasteiger partial charge < -0.3 is 10.2 Å². The molecule has 1 aliphatic heterocycles. The molecule has 1 saturated heterocycles. The van der Waals surface area contributed by atoms with Gasteiger partial charge in [0.15, 0.2) is 0 Å². The van der Waals surface area contributed by atoms with Crippen molar-refractivity contribution in [3.05, 3.63) is 35.4 Å². The molecule has 3 nitrogen and oxygen atoms in total. The van der Waals surface area contributed by atoms with Crippen molar-refractivity contribution in [3.8, 4) is 0 Å². The molecular weight excluding hydrogens is 258 g/mol. The average molecular weight is 287 g/mol. The van der Waals surface area contributed by atoms with Crippen LogP contribution in [0.2, 0.25) is 0 Å². The molecule has 2 aliphatic rings. The molecule has 0 aromatic heterocycles. The standard InChI is InChI=1S/C18H29N3/c1-3-20-11-13-21(14-12-20)17-10-6-8-15-7-4-5-9-16(15)18(17)19-2/h4-5,7,9,17-19H,3,6,8,10-14H2,1-2H3. The summed E-state index contributed by atoms with van der Waals surface area (Å²) < 4.78 is 0. The lowest BCUT2D eigenvalue weighted by Crippen LogP contribution is -2.53. The first-order valence-electron chi connectivity index (χ1n) is 8.55. The van der Waals surface area contributed by atoms with Gasteiger partial charge in [-0.25, -0.2) is 0 Å². The summed E-state index contributed by atoms with van der Waals surface area (Å²) in [5.41, 5.74) is 3.08. The Morgan fingerprint density at radius 3 is 2.62 bits per heavy atom. The van der Waals surface area contributed by atoms with Crippen molar-refractivity contribution >= 4 is 0 Å². The largest absolute Gasteiger partial charge is 0.312 e. The lowest BCUT2D eigenvalue weighted by atomic mass is 9.95. The van der Waals surface area contributed by atoms with E-state index < -0.39 is 0 Å². The van der Waals surface area contributed by atoms with Crippen LogP contribution in [0.1, 0.15) is 36.9 Å². The molecule has 0 amide bonds. The summed E-state index contributed by atoms with van der Waals surface area (Å²) in [5, 5.41) is 3.62. The van der Waals surface area contributed by atoms with E-state index in [1.54, 1.807) is 5.56 Å². The highest BCUT2D eigenvalue weighted by Gasteiger charge is 2.32. The summed E-state index contributed by atoms with van der Waals surface area (Å²) in [6, 6.07) is 10.2. The zero-order valence-electron chi connectivity index (χ0n) is 13.5. The number of hydrogen-bond acceptors (Lipinski definition) is 3. The molecule has 1 fully saturated rings. The van der Waals surface area contributed by atoms with E-state index >= 15 is 0 Å². The molecule has 2 unspecified atom stereocenters. The first-order valence-corrected chi connectivity index (χ1v) is 8.55. The number of likely N-dealkylation sites (N-methyl/N-ethyl adjacent to an activating group) is 2. The Morgan fingerprint density at radius 2 is 1.90 bits per heavy atom. The molecule has 2 atom stereocenters. The SMILES string of the molecule is CCN1CCN(C2CCCc3ccccc3C2NC)CC1. The third-order valence-corrected chi connectivity index (χ3v) is 5.36. The lowest BCUT2D eigenvalue weighted by molar-refractivity contribution is 0.0782. The van der Waals surface area contributed by atoms with E-state index in [9.17, 15) is 0 Å². The van der Waals surface area contributed by atoms with Crippen LogP contribution in [0, 0.1) is 0 Å². The Morgan fingerprint density at radius 1 is 1.14 bits per heavy atom. The molecule has 0 bridgehead atoms. The van der Waals surface area contributed by atoms with Crippen LogP contribution in [0.4, 0.5) is 0 Å². The Bertz CT molecular complexity index is 452. The van der Waals surface area contributed by atoms with Crippen LogP contribution in [-0.4, -0.2) is 55.6 Å². The lowest BCUT2D eigenvalue weighted by Gasteiger charge is -2.42. The summed E-state index contributed by atoms with van der Waals surface area (Å²) in [6.07, 6.45) is 3.86. The van der Waals surface area contributed by atoms with Crippen molar-refractivity contribution in [1.82, 2.24) is 15.1 Å². The third-order valence-electron chi connectivity index (χ3n) is 5.36.